The second kappa shape index (κ2) is 5.08. The summed E-state index contributed by atoms with van der Waals surface area (Å²) in [4.78, 5) is 11.3. The molecule has 2 N–H and O–H groups in total. The summed E-state index contributed by atoms with van der Waals surface area (Å²) in [7, 11) is 0. The Balaban J connectivity index is 1.85. The standard InChI is InChI=1S/C15H16N4O/c1-2-9-20-10-8-19-11-18-14-12(16)4-5-13-15(14,19)6-3-7-17-13/h1,3-7H,8-11,16H2. The molecule has 0 aromatic carbocycles. The SMILES string of the molecule is C#CCOCCN1CN=C2C(N)=CC=C3N=CC=CC321. The number of hydrogen-bond acceptors (Lipinski definition) is 5. The highest BCUT2D eigenvalue weighted by Gasteiger charge is 2.49. The van der Waals surface area contributed by atoms with Gasteiger partial charge in [-0.15, -0.1) is 6.42 Å². The van der Waals surface area contributed by atoms with E-state index in [2.05, 4.69) is 26.9 Å². The Morgan fingerprint density at radius 1 is 1.50 bits per heavy atom. The Labute approximate surface area is 118 Å². The minimum atomic E-state index is -0.437. The number of dihydropyridines is 1. The van der Waals surface area contributed by atoms with Gasteiger partial charge < -0.3 is 10.5 Å². The van der Waals surface area contributed by atoms with E-state index in [9.17, 15) is 0 Å². The van der Waals surface area contributed by atoms with Crippen LogP contribution in [0.1, 0.15) is 0 Å². The molecule has 0 aromatic heterocycles. The van der Waals surface area contributed by atoms with Gasteiger partial charge >= 0.3 is 0 Å². The number of allylic oxidation sites excluding steroid dienone is 3. The molecule has 0 bridgehead atoms. The molecule has 0 amide bonds. The summed E-state index contributed by atoms with van der Waals surface area (Å²) in [5, 5.41) is 0. The number of rotatable bonds is 4. The highest BCUT2D eigenvalue weighted by atomic mass is 16.5. The van der Waals surface area contributed by atoms with Crippen molar-refractivity contribution in [2.75, 3.05) is 26.4 Å². The Morgan fingerprint density at radius 2 is 2.40 bits per heavy atom. The van der Waals surface area contributed by atoms with Gasteiger partial charge in [-0.25, -0.2) is 0 Å². The first kappa shape index (κ1) is 12.9. The van der Waals surface area contributed by atoms with Crippen molar-refractivity contribution in [3.05, 3.63) is 35.7 Å². The van der Waals surface area contributed by atoms with Gasteiger partial charge in [0.1, 0.15) is 12.1 Å². The van der Waals surface area contributed by atoms with Crippen LogP contribution in [-0.2, 0) is 4.74 Å². The van der Waals surface area contributed by atoms with Crippen molar-refractivity contribution in [1.82, 2.24) is 4.90 Å². The van der Waals surface area contributed by atoms with Crippen molar-refractivity contribution >= 4 is 11.9 Å². The molecule has 1 atom stereocenters. The third-order valence-electron chi connectivity index (χ3n) is 3.67. The van der Waals surface area contributed by atoms with Gasteiger partial charge in [0, 0.05) is 12.8 Å². The van der Waals surface area contributed by atoms with Crippen LogP contribution in [0.2, 0.25) is 0 Å². The second-order valence-electron chi connectivity index (χ2n) is 4.75. The lowest BCUT2D eigenvalue weighted by atomic mass is 9.82. The van der Waals surface area contributed by atoms with Crippen LogP contribution in [0.4, 0.5) is 0 Å². The van der Waals surface area contributed by atoms with Crippen LogP contribution >= 0.6 is 0 Å². The molecule has 20 heavy (non-hydrogen) atoms. The van der Waals surface area contributed by atoms with Gasteiger partial charge in [0.2, 0.25) is 0 Å². The fourth-order valence-corrected chi connectivity index (χ4v) is 2.78. The molecule has 0 saturated heterocycles. The lowest BCUT2D eigenvalue weighted by molar-refractivity contribution is 0.117. The van der Waals surface area contributed by atoms with E-state index in [1.807, 2.05) is 18.2 Å². The molecular formula is C15H16N4O. The highest BCUT2D eigenvalue weighted by molar-refractivity contribution is 6.13. The van der Waals surface area contributed by atoms with Gasteiger partial charge in [-0.3, -0.25) is 14.9 Å². The average Bonchev–Trinajstić information content (AvgIpc) is 2.83. The Bertz CT molecular complexity index is 606. The van der Waals surface area contributed by atoms with E-state index in [1.165, 1.54) is 0 Å². The molecule has 5 nitrogen and oxygen atoms in total. The maximum atomic E-state index is 6.08. The van der Waals surface area contributed by atoms with Crippen LogP contribution in [0.15, 0.2) is 45.7 Å². The number of hydrogen-bond donors (Lipinski definition) is 1. The summed E-state index contributed by atoms with van der Waals surface area (Å²) < 4.78 is 5.37. The fourth-order valence-electron chi connectivity index (χ4n) is 2.78. The summed E-state index contributed by atoms with van der Waals surface area (Å²) >= 11 is 0. The van der Waals surface area contributed by atoms with E-state index in [1.54, 1.807) is 6.21 Å². The van der Waals surface area contributed by atoms with Gasteiger partial charge in [0.25, 0.3) is 0 Å². The first-order chi connectivity index (χ1) is 9.79. The van der Waals surface area contributed by atoms with Gasteiger partial charge in [-0.1, -0.05) is 12.0 Å². The van der Waals surface area contributed by atoms with Crippen LogP contribution < -0.4 is 5.73 Å². The van der Waals surface area contributed by atoms with Gasteiger partial charge in [-0.2, -0.15) is 0 Å². The van der Waals surface area contributed by atoms with Crippen LogP contribution in [0.25, 0.3) is 0 Å². The van der Waals surface area contributed by atoms with Crippen molar-refractivity contribution in [2.24, 2.45) is 15.7 Å². The number of terminal acetylenes is 1. The van der Waals surface area contributed by atoms with Crippen molar-refractivity contribution in [3.63, 3.8) is 0 Å². The number of ether oxygens (including phenoxy) is 1. The summed E-state index contributed by atoms with van der Waals surface area (Å²) in [6.07, 6.45) is 14.8. The van der Waals surface area contributed by atoms with Crippen LogP contribution in [-0.4, -0.2) is 48.8 Å². The Morgan fingerprint density at radius 3 is 3.25 bits per heavy atom. The van der Waals surface area contributed by atoms with E-state index in [0.29, 0.717) is 25.6 Å². The molecular weight excluding hydrogens is 252 g/mol. The van der Waals surface area contributed by atoms with E-state index < -0.39 is 5.54 Å². The normalized spacial score (nSPS) is 27.2. The first-order valence-corrected chi connectivity index (χ1v) is 6.50. The molecule has 3 rings (SSSR count). The molecule has 2 heterocycles. The topological polar surface area (TPSA) is 63.2 Å². The summed E-state index contributed by atoms with van der Waals surface area (Å²) in [6.45, 7) is 2.19. The summed E-state index contributed by atoms with van der Waals surface area (Å²) in [5.74, 6) is 2.46. The quantitative estimate of drug-likeness (QED) is 0.595. The zero-order chi connectivity index (χ0) is 14.0. The van der Waals surface area contributed by atoms with Crippen molar-refractivity contribution < 1.29 is 4.74 Å². The molecule has 2 aliphatic heterocycles. The molecule has 102 valence electrons. The molecule has 1 spiro atoms. The first-order valence-electron chi connectivity index (χ1n) is 6.50. The largest absolute Gasteiger partial charge is 0.397 e. The van der Waals surface area contributed by atoms with Crippen LogP contribution in [0, 0.1) is 12.3 Å². The predicted octanol–water partition coefficient (Wildman–Crippen LogP) is 0.470. The molecule has 3 aliphatic rings. The molecule has 0 radical (unpaired) electrons. The summed E-state index contributed by atoms with van der Waals surface area (Å²) in [6, 6.07) is 0. The molecule has 0 aromatic rings. The Kier molecular flexibility index (Phi) is 3.26. The van der Waals surface area contributed by atoms with Gasteiger partial charge in [0.15, 0.2) is 0 Å². The van der Waals surface area contributed by atoms with Gasteiger partial charge in [-0.05, 0) is 18.2 Å². The number of nitrogens with two attached hydrogens (primary N) is 1. The molecule has 5 heteroatoms. The maximum absolute atomic E-state index is 6.08. The zero-order valence-corrected chi connectivity index (χ0v) is 11.1. The molecule has 1 unspecified atom stereocenters. The van der Waals surface area contributed by atoms with E-state index in [-0.39, 0.29) is 0 Å². The predicted molar refractivity (Wildman–Crippen MR) is 79.4 cm³/mol. The Hall–Kier alpha value is -2.16. The monoisotopic (exact) mass is 268 g/mol. The van der Waals surface area contributed by atoms with Crippen molar-refractivity contribution in [2.45, 2.75) is 5.54 Å². The molecule has 1 aliphatic carbocycles. The smallest absolute Gasteiger partial charge is 0.128 e. The summed E-state index contributed by atoms with van der Waals surface area (Å²) in [5.41, 5.74) is 8.16. The average molecular weight is 268 g/mol. The minimum Gasteiger partial charge on any atom is -0.397 e. The molecule has 0 saturated carbocycles. The minimum absolute atomic E-state index is 0.327. The highest BCUT2D eigenvalue weighted by Crippen LogP contribution is 2.38. The van der Waals surface area contributed by atoms with Crippen molar-refractivity contribution in [3.8, 4) is 12.3 Å². The van der Waals surface area contributed by atoms with Gasteiger partial charge in [0.05, 0.1) is 30.4 Å². The zero-order valence-electron chi connectivity index (χ0n) is 11.1. The fraction of sp³-hybridized carbons (Fsp3) is 0.333. The maximum Gasteiger partial charge on any atom is 0.128 e. The second-order valence-corrected chi connectivity index (χ2v) is 4.75. The number of nitrogens with zero attached hydrogens (tertiary/aromatic N) is 3. The lowest BCUT2D eigenvalue weighted by Gasteiger charge is -2.39. The van der Waals surface area contributed by atoms with Crippen molar-refractivity contribution in [1.29, 1.82) is 0 Å². The third kappa shape index (κ3) is 1.82. The van der Waals surface area contributed by atoms with Crippen LogP contribution in [0.3, 0.4) is 0 Å². The molecule has 0 fully saturated rings. The van der Waals surface area contributed by atoms with Crippen LogP contribution in [0.5, 0.6) is 0 Å². The van der Waals surface area contributed by atoms with E-state index in [0.717, 1.165) is 18.0 Å². The lowest BCUT2D eigenvalue weighted by Crippen LogP contribution is -2.54. The van der Waals surface area contributed by atoms with E-state index >= 15 is 0 Å². The number of aliphatic imine (C=N–C) groups is 2. The third-order valence-corrected chi connectivity index (χ3v) is 3.67. The van der Waals surface area contributed by atoms with E-state index in [4.69, 9.17) is 16.9 Å².